The first-order valence-electron chi connectivity index (χ1n) is 3.29. The lowest BCUT2D eigenvalue weighted by atomic mass is 10.5. The summed E-state index contributed by atoms with van der Waals surface area (Å²) >= 11 is 8.10. The largest absolute Gasteiger partial charge is 0.493 e. The molecule has 0 bridgehead atoms. The predicted molar refractivity (Wildman–Crippen MR) is 58.2 cm³/mol. The molecule has 0 spiro atoms. The topological polar surface area (TPSA) is 22.1 Å². The summed E-state index contributed by atoms with van der Waals surface area (Å²) < 4.78 is 6.85. The van der Waals surface area contributed by atoms with E-state index in [-0.39, 0.29) is 0 Å². The molecule has 12 heavy (non-hydrogen) atoms. The van der Waals surface area contributed by atoms with E-state index in [1.54, 1.807) is 0 Å². The molecule has 0 fully saturated rings. The van der Waals surface area contributed by atoms with Gasteiger partial charge in [0.25, 0.3) is 0 Å². The van der Waals surface area contributed by atoms with Gasteiger partial charge >= 0.3 is 0 Å². The molecule has 1 heterocycles. The van der Waals surface area contributed by atoms with Crippen LogP contribution < -0.4 is 0 Å². The van der Waals surface area contributed by atoms with Gasteiger partial charge in [-0.3, -0.25) is 0 Å². The van der Waals surface area contributed by atoms with E-state index in [1.165, 1.54) is 11.3 Å². The van der Waals surface area contributed by atoms with Gasteiger partial charge in [-0.15, -0.1) is 11.3 Å². The van der Waals surface area contributed by atoms with E-state index in [0.717, 1.165) is 13.4 Å². The van der Waals surface area contributed by atoms with Crippen LogP contribution in [0.2, 0.25) is 0 Å². The second-order valence-electron chi connectivity index (χ2n) is 1.94. The highest BCUT2D eigenvalue weighted by Crippen LogP contribution is 2.32. The summed E-state index contributed by atoms with van der Waals surface area (Å²) in [5.74, 6) is 0.660. The standard InChI is InChI=1S/C7H7Br2NOS/c1-3-11-4(2)5-6(8)10-7(9)12-5/h2-3H2,1H3. The molecule has 0 aliphatic heterocycles. The Hall–Kier alpha value is 0.130. The van der Waals surface area contributed by atoms with Gasteiger partial charge in [-0.1, -0.05) is 6.58 Å². The summed E-state index contributed by atoms with van der Waals surface area (Å²) in [6.45, 7) is 6.34. The maximum Gasteiger partial charge on any atom is 0.161 e. The van der Waals surface area contributed by atoms with Crippen molar-refractivity contribution < 1.29 is 4.74 Å². The van der Waals surface area contributed by atoms with E-state index in [4.69, 9.17) is 4.74 Å². The fourth-order valence-corrected chi connectivity index (χ4v) is 2.96. The third kappa shape index (κ3) is 2.31. The Balaban J connectivity index is 2.87. The molecule has 0 saturated heterocycles. The summed E-state index contributed by atoms with van der Waals surface area (Å²) in [5.41, 5.74) is 0. The highest BCUT2D eigenvalue weighted by atomic mass is 79.9. The minimum absolute atomic E-state index is 0.626. The van der Waals surface area contributed by atoms with Crippen molar-refractivity contribution in [3.05, 3.63) is 20.0 Å². The van der Waals surface area contributed by atoms with E-state index < -0.39 is 0 Å². The first-order chi connectivity index (χ1) is 5.65. The summed E-state index contributed by atoms with van der Waals surface area (Å²) in [5, 5.41) is 0. The molecule has 2 nitrogen and oxygen atoms in total. The molecular weight excluding hydrogens is 306 g/mol. The fraction of sp³-hybridized carbons (Fsp3) is 0.286. The number of ether oxygens (including phenoxy) is 1. The molecule has 0 amide bonds. The zero-order chi connectivity index (χ0) is 9.14. The van der Waals surface area contributed by atoms with Crippen LogP contribution in [0.5, 0.6) is 0 Å². The number of halogens is 2. The molecule has 0 radical (unpaired) electrons. The highest BCUT2D eigenvalue weighted by molar-refractivity contribution is 9.11. The lowest BCUT2D eigenvalue weighted by molar-refractivity contribution is 0.300. The Bertz CT molecular complexity index is 298. The normalized spacial score (nSPS) is 9.92. The molecule has 0 N–H and O–H groups in total. The van der Waals surface area contributed by atoms with Crippen molar-refractivity contribution in [2.75, 3.05) is 6.61 Å². The highest BCUT2D eigenvalue weighted by Gasteiger charge is 2.10. The second kappa shape index (κ2) is 4.39. The Labute approximate surface area is 91.9 Å². The maximum absolute atomic E-state index is 5.25. The van der Waals surface area contributed by atoms with Crippen molar-refractivity contribution in [2.45, 2.75) is 6.92 Å². The average molecular weight is 313 g/mol. The molecule has 0 aliphatic rings. The lowest BCUT2D eigenvalue weighted by Gasteiger charge is -2.02. The average Bonchev–Trinajstić information content (AvgIpc) is 2.30. The predicted octanol–water partition coefficient (Wildman–Crippen LogP) is 3.68. The smallest absolute Gasteiger partial charge is 0.161 e. The molecule has 0 aliphatic carbocycles. The van der Waals surface area contributed by atoms with Crippen molar-refractivity contribution in [3.8, 4) is 0 Å². The minimum Gasteiger partial charge on any atom is -0.493 e. The quantitative estimate of drug-likeness (QED) is 0.794. The van der Waals surface area contributed by atoms with Gasteiger partial charge in [0.2, 0.25) is 0 Å². The Kier molecular flexibility index (Phi) is 3.74. The van der Waals surface area contributed by atoms with Crippen molar-refractivity contribution in [3.63, 3.8) is 0 Å². The van der Waals surface area contributed by atoms with Gasteiger partial charge in [-0.05, 0) is 38.8 Å². The van der Waals surface area contributed by atoms with Crippen LogP contribution in [0.4, 0.5) is 0 Å². The molecule has 5 heteroatoms. The molecule has 0 atom stereocenters. The Morgan fingerprint density at radius 2 is 2.33 bits per heavy atom. The molecule has 0 saturated carbocycles. The van der Waals surface area contributed by atoms with Crippen LogP contribution in [-0.2, 0) is 4.74 Å². The maximum atomic E-state index is 5.25. The zero-order valence-corrected chi connectivity index (χ0v) is 10.4. The summed E-state index contributed by atoms with van der Waals surface area (Å²) in [6, 6.07) is 0. The van der Waals surface area contributed by atoms with Gasteiger partial charge in [0.05, 0.1) is 6.61 Å². The van der Waals surface area contributed by atoms with Crippen LogP contribution in [0.1, 0.15) is 11.8 Å². The molecule has 1 aromatic heterocycles. The SMILES string of the molecule is C=C(OCC)c1sc(Br)nc1Br. The Morgan fingerprint density at radius 3 is 2.75 bits per heavy atom. The fourth-order valence-electron chi connectivity index (χ4n) is 0.689. The first-order valence-corrected chi connectivity index (χ1v) is 5.69. The van der Waals surface area contributed by atoms with Gasteiger partial charge in [0.15, 0.2) is 3.92 Å². The lowest BCUT2D eigenvalue weighted by Crippen LogP contribution is -1.87. The van der Waals surface area contributed by atoms with E-state index in [0.29, 0.717) is 12.4 Å². The molecule has 0 aromatic carbocycles. The molecule has 66 valence electrons. The molecule has 0 unspecified atom stereocenters. The van der Waals surface area contributed by atoms with E-state index >= 15 is 0 Å². The minimum atomic E-state index is 0.626. The van der Waals surface area contributed by atoms with E-state index in [1.807, 2.05) is 6.92 Å². The van der Waals surface area contributed by atoms with E-state index in [2.05, 4.69) is 43.4 Å². The first kappa shape index (κ1) is 10.2. The second-order valence-corrected chi connectivity index (χ2v) is 4.97. The molecule has 1 rings (SSSR count). The van der Waals surface area contributed by atoms with Crippen molar-refractivity contribution >= 4 is 49.0 Å². The van der Waals surface area contributed by atoms with Crippen molar-refractivity contribution in [2.24, 2.45) is 0 Å². The summed E-state index contributed by atoms with van der Waals surface area (Å²) in [7, 11) is 0. The van der Waals surface area contributed by atoms with Gasteiger partial charge in [0, 0.05) is 0 Å². The number of rotatable bonds is 3. The van der Waals surface area contributed by atoms with Crippen molar-refractivity contribution in [1.29, 1.82) is 0 Å². The Morgan fingerprint density at radius 1 is 1.67 bits per heavy atom. The van der Waals surface area contributed by atoms with Gasteiger partial charge in [0.1, 0.15) is 15.2 Å². The molecular formula is C7H7Br2NOS. The summed E-state index contributed by atoms with van der Waals surface area (Å²) in [4.78, 5) is 5.06. The van der Waals surface area contributed by atoms with Crippen LogP contribution in [0.25, 0.3) is 5.76 Å². The van der Waals surface area contributed by atoms with Gasteiger partial charge < -0.3 is 4.74 Å². The number of thiazole rings is 1. The van der Waals surface area contributed by atoms with E-state index in [9.17, 15) is 0 Å². The van der Waals surface area contributed by atoms with Crippen LogP contribution >= 0.6 is 43.2 Å². The number of nitrogens with zero attached hydrogens (tertiary/aromatic N) is 1. The van der Waals surface area contributed by atoms with Crippen molar-refractivity contribution in [1.82, 2.24) is 4.98 Å². The van der Waals surface area contributed by atoms with Crippen LogP contribution in [0, 0.1) is 0 Å². The molecule has 1 aromatic rings. The number of hydrogen-bond donors (Lipinski definition) is 0. The third-order valence-electron chi connectivity index (χ3n) is 1.13. The van der Waals surface area contributed by atoms with Crippen LogP contribution in [0.15, 0.2) is 15.1 Å². The summed E-state index contributed by atoms with van der Waals surface area (Å²) in [6.07, 6.45) is 0. The van der Waals surface area contributed by atoms with Gasteiger partial charge in [-0.25, -0.2) is 4.98 Å². The third-order valence-corrected chi connectivity index (χ3v) is 3.52. The number of aromatic nitrogens is 1. The monoisotopic (exact) mass is 311 g/mol. The van der Waals surface area contributed by atoms with Gasteiger partial charge in [-0.2, -0.15) is 0 Å². The van der Waals surface area contributed by atoms with Crippen LogP contribution in [-0.4, -0.2) is 11.6 Å². The van der Waals surface area contributed by atoms with Crippen LogP contribution in [0.3, 0.4) is 0 Å². The number of hydrogen-bond acceptors (Lipinski definition) is 3. The zero-order valence-electron chi connectivity index (χ0n) is 6.43.